The second kappa shape index (κ2) is 5.87. The lowest BCUT2D eigenvalue weighted by molar-refractivity contribution is 0.0158. The van der Waals surface area contributed by atoms with Crippen molar-refractivity contribution in [1.29, 1.82) is 0 Å². The molecular weight excluding hydrogens is 268 g/mol. The maximum Gasteiger partial charge on any atom is 0.410 e. The number of carbonyl (C=O) groups is 1. The van der Waals surface area contributed by atoms with Crippen molar-refractivity contribution in [2.75, 3.05) is 24.5 Å². The molecule has 0 saturated carbocycles. The number of aryl methyl sites for hydroxylation is 1. The maximum absolute atomic E-state index is 12.2. The van der Waals surface area contributed by atoms with Gasteiger partial charge in [0.2, 0.25) is 5.95 Å². The highest BCUT2D eigenvalue weighted by Gasteiger charge is 2.31. The Balaban J connectivity index is 1.99. The van der Waals surface area contributed by atoms with Crippen LogP contribution in [0, 0.1) is 6.92 Å². The predicted molar refractivity (Wildman–Crippen MR) is 81.4 cm³/mol. The Morgan fingerprint density at radius 1 is 1.29 bits per heavy atom. The molecule has 116 valence electrons. The molecular formula is C15H24N4O2. The maximum atomic E-state index is 12.2. The van der Waals surface area contributed by atoms with Gasteiger partial charge in [-0.15, -0.1) is 0 Å². The van der Waals surface area contributed by atoms with Crippen molar-refractivity contribution in [3.63, 3.8) is 0 Å². The third-order valence-electron chi connectivity index (χ3n) is 3.31. The first kappa shape index (κ1) is 15.5. The minimum atomic E-state index is -0.464. The molecule has 0 aromatic carbocycles. The van der Waals surface area contributed by atoms with Gasteiger partial charge < -0.3 is 14.5 Å². The fourth-order valence-corrected chi connectivity index (χ4v) is 2.28. The molecule has 2 heterocycles. The van der Waals surface area contributed by atoms with Crippen LogP contribution in [0.15, 0.2) is 12.4 Å². The molecule has 0 N–H and O–H groups in total. The number of hydrogen-bond acceptors (Lipinski definition) is 5. The Morgan fingerprint density at radius 2 is 1.90 bits per heavy atom. The van der Waals surface area contributed by atoms with E-state index in [1.807, 2.05) is 47.0 Å². The number of piperazine rings is 1. The van der Waals surface area contributed by atoms with Gasteiger partial charge in [0.15, 0.2) is 0 Å². The number of aromatic nitrogens is 2. The van der Waals surface area contributed by atoms with Crippen molar-refractivity contribution in [2.24, 2.45) is 0 Å². The van der Waals surface area contributed by atoms with E-state index >= 15 is 0 Å². The third-order valence-corrected chi connectivity index (χ3v) is 3.31. The summed E-state index contributed by atoms with van der Waals surface area (Å²) in [5.74, 6) is 0.719. The molecule has 1 fully saturated rings. The van der Waals surface area contributed by atoms with Gasteiger partial charge in [-0.3, -0.25) is 0 Å². The highest BCUT2D eigenvalue weighted by molar-refractivity contribution is 5.69. The average Bonchev–Trinajstić information content (AvgIpc) is 2.37. The van der Waals surface area contributed by atoms with E-state index in [-0.39, 0.29) is 12.1 Å². The molecule has 6 nitrogen and oxygen atoms in total. The molecule has 1 saturated heterocycles. The van der Waals surface area contributed by atoms with Gasteiger partial charge in [0, 0.05) is 38.1 Å². The van der Waals surface area contributed by atoms with Crippen LogP contribution in [0.25, 0.3) is 0 Å². The number of hydrogen-bond donors (Lipinski definition) is 0. The zero-order valence-corrected chi connectivity index (χ0v) is 13.5. The van der Waals surface area contributed by atoms with Gasteiger partial charge in [0.25, 0.3) is 0 Å². The van der Waals surface area contributed by atoms with Crippen LogP contribution in [0.2, 0.25) is 0 Å². The number of carbonyl (C=O) groups excluding carboxylic acids is 1. The van der Waals surface area contributed by atoms with Crippen LogP contribution in [0.3, 0.4) is 0 Å². The molecule has 2 rings (SSSR count). The van der Waals surface area contributed by atoms with Crippen LogP contribution >= 0.6 is 0 Å². The van der Waals surface area contributed by atoms with Crippen molar-refractivity contribution < 1.29 is 9.53 Å². The molecule has 0 aliphatic carbocycles. The summed E-state index contributed by atoms with van der Waals surface area (Å²) in [6.07, 6.45) is 3.37. The SMILES string of the molecule is Cc1cnc(N2CCN(C(=O)OC(C)(C)C)[C@H](C)C2)nc1. The first-order chi connectivity index (χ1) is 9.76. The summed E-state index contributed by atoms with van der Waals surface area (Å²) < 4.78 is 5.44. The minimum absolute atomic E-state index is 0.0681. The monoisotopic (exact) mass is 292 g/mol. The standard InChI is InChI=1S/C15H24N4O2/c1-11-8-16-13(17-9-11)18-6-7-19(12(2)10-18)14(20)21-15(3,4)5/h8-9,12H,6-7,10H2,1-5H3/t12-/m1/s1. The lowest BCUT2D eigenvalue weighted by Gasteiger charge is -2.40. The number of rotatable bonds is 1. The number of amides is 1. The van der Waals surface area contributed by atoms with Crippen molar-refractivity contribution in [1.82, 2.24) is 14.9 Å². The van der Waals surface area contributed by atoms with Gasteiger partial charge in [-0.05, 0) is 40.2 Å². The van der Waals surface area contributed by atoms with Crippen LogP contribution < -0.4 is 4.90 Å². The summed E-state index contributed by atoms with van der Waals surface area (Å²) in [5.41, 5.74) is 0.577. The van der Waals surface area contributed by atoms with Gasteiger partial charge >= 0.3 is 6.09 Å². The highest BCUT2D eigenvalue weighted by Crippen LogP contribution is 2.18. The molecule has 1 aromatic rings. The predicted octanol–water partition coefficient (Wildman–Crippen LogP) is 2.23. The Kier molecular flexibility index (Phi) is 4.34. The Morgan fingerprint density at radius 3 is 2.43 bits per heavy atom. The molecule has 1 aliphatic heterocycles. The first-order valence-corrected chi connectivity index (χ1v) is 7.29. The molecule has 6 heteroatoms. The molecule has 1 aromatic heterocycles. The van der Waals surface area contributed by atoms with Gasteiger partial charge in [-0.25, -0.2) is 14.8 Å². The Labute approximate surface area is 126 Å². The summed E-state index contributed by atoms with van der Waals surface area (Å²) >= 11 is 0. The normalized spacial score (nSPS) is 19.6. The molecule has 0 unspecified atom stereocenters. The van der Waals surface area contributed by atoms with Crippen LogP contribution in [0.4, 0.5) is 10.7 Å². The van der Waals surface area contributed by atoms with E-state index in [2.05, 4.69) is 14.9 Å². The summed E-state index contributed by atoms with van der Waals surface area (Å²) in [6.45, 7) is 11.7. The van der Waals surface area contributed by atoms with Gasteiger partial charge in [0.05, 0.1) is 0 Å². The van der Waals surface area contributed by atoms with E-state index in [1.54, 1.807) is 4.90 Å². The van der Waals surface area contributed by atoms with Gasteiger partial charge in [-0.1, -0.05) is 0 Å². The lowest BCUT2D eigenvalue weighted by Crippen LogP contribution is -2.55. The fraction of sp³-hybridized carbons (Fsp3) is 0.667. The van der Waals surface area contributed by atoms with Crippen LogP contribution in [0.1, 0.15) is 33.3 Å². The largest absolute Gasteiger partial charge is 0.444 e. The van der Waals surface area contributed by atoms with E-state index in [4.69, 9.17) is 4.74 Å². The molecule has 1 atom stereocenters. The van der Waals surface area contributed by atoms with E-state index in [1.165, 1.54) is 0 Å². The lowest BCUT2D eigenvalue weighted by atomic mass is 10.2. The summed E-state index contributed by atoms with van der Waals surface area (Å²) in [6, 6.07) is 0.0681. The molecule has 21 heavy (non-hydrogen) atoms. The van der Waals surface area contributed by atoms with E-state index in [0.29, 0.717) is 19.6 Å². The minimum Gasteiger partial charge on any atom is -0.444 e. The second-order valence-corrected chi connectivity index (χ2v) is 6.53. The van der Waals surface area contributed by atoms with Crippen molar-refractivity contribution in [3.8, 4) is 0 Å². The third kappa shape index (κ3) is 4.06. The molecule has 1 amide bonds. The van der Waals surface area contributed by atoms with E-state index in [9.17, 15) is 4.79 Å². The quantitative estimate of drug-likeness (QED) is 0.794. The Bertz CT molecular complexity index is 495. The van der Waals surface area contributed by atoms with Gasteiger partial charge in [-0.2, -0.15) is 0 Å². The second-order valence-electron chi connectivity index (χ2n) is 6.53. The zero-order chi connectivity index (χ0) is 15.6. The van der Waals surface area contributed by atoms with Crippen LogP contribution in [-0.4, -0.2) is 52.2 Å². The summed E-state index contributed by atoms with van der Waals surface area (Å²) in [4.78, 5) is 24.7. The fourth-order valence-electron chi connectivity index (χ4n) is 2.28. The topological polar surface area (TPSA) is 58.6 Å². The summed E-state index contributed by atoms with van der Waals surface area (Å²) in [7, 11) is 0. The van der Waals surface area contributed by atoms with Crippen LogP contribution in [0.5, 0.6) is 0 Å². The van der Waals surface area contributed by atoms with Crippen LogP contribution in [-0.2, 0) is 4.74 Å². The van der Waals surface area contributed by atoms with E-state index in [0.717, 1.165) is 11.5 Å². The van der Waals surface area contributed by atoms with Gasteiger partial charge in [0.1, 0.15) is 5.60 Å². The van der Waals surface area contributed by atoms with Crippen molar-refractivity contribution >= 4 is 12.0 Å². The molecule has 0 spiro atoms. The molecule has 1 aliphatic rings. The van der Waals surface area contributed by atoms with Crippen molar-refractivity contribution in [2.45, 2.75) is 46.3 Å². The number of ether oxygens (including phenoxy) is 1. The number of nitrogens with zero attached hydrogens (tertiary/aromatic N) is 4. The Hall–Kier alpha value is -1.85. The summed E-state index contributed by atoms with van der Waals surface area (Å²) in [5, 5.41) is 0. The van der Waals surface area contributed by atoms with E-state index < -0.39 is 5.60 Å². The molecule has 0 radical (unpaired) electrons. The molecule has 0 bridgehead atoms. The zero-order valence-electron chi connectivity index (χ0n) is 13.5. The smallest absolute Gasteiger partial charge is 0.410 e. The number of anilines is 1. The highest BCUT2D eigenvalue weighted by atomic mass is 16.6. The average molecular weight is 292 g/mol. The first-order valence-electron chi connectivity index (χ1n) is 7.29. The van der Waals surface area contributed by atoms with Crippen molar-refractivity contribution in [3.05, 3.63) is 18.0 Å².